The highest BCUT2D eigenvalue weighted by Crippen LogP contribution is 2.25. The van der Waals surface area contributed by atoms with E-state index in [1.807, 2.05) is 26.0 Å². The summed E-state index contributed by atoms with van der Waals surface area (Å²) in [5.74, 6) is 0.0536. The third kappa shape index (κ3) is 3.14. The van der Waals surface area contributed by atoms with Crippen molar-refractivity contribution in [2.75, 3.05) is 16.8 Å². The molecule has 0 bridgehead atoms. The lowest BCUT2D eigenvalue weighted by Gasteiger charge is -2.30. The van der Waals surface area contributed by atoms with Crippen LogP contribution in [0.25, 0.3) is 0 Å². The molecule has 2 aromatic rings. The number of hydrogen-bond acceptors (Lipinski definition) is 2. The number of anilines is 2. The van der Waals surface area contributed by atoms with Crippen molar-refractivity contribution in [2.45, 2.75) is 26.8 Å². The molecule has 0 radical (unpaired) electrons. The molecule has 1 aliphatic rings. The number of benzene rings is 2. The molecule has 0 saturated heterocycles. The maximum Gasteiger partial charge on any atom is 0.226 e. The van der Waals surface area contributed by atoms with Gasteiger partial charge in [-0.3, -0.25) is 4.79 Å². The second-order valence-corrected chi connectivity index (χ2v) is 6.13. The molecule has 22 heavy (non-hydrogen) atoms. The lowest BCUT2D eigenvalue weighted by atomic mass is 9.99. The quantitative estimate of drug-likeness (QED) is 0.932. The number of amides is 1. The van der Waals surface area contributed by atoms with Crippen molar-refractivity contribution in [1.82, 2.24) is 0 Å². The van der Waals surface area contributed by atoms with E-state index in [4.69, 9.17) is 0 Å². The summed E-state index contributed by atoms with van der Waals surface area (Å²) in [4.78, 5) is 14.1. The van der Waals surface area contributed by atoms with Gasteiger partial charge in [0.15, 0.2) is 0 Å². The number of rotatable bonds is 3. The molecule has 1 aliphatic heterocycles. The van der Waals surface area contributed by atoms with E-state index in [0.29, 0.717) is 0 Å². The second kappa shape index (κ2) is 6.22. The van der Waals surface area contributed by atoms with Gasteiger partial charge in [0.25, 0.3) is 0 Å². The minimum absolute atomic E-state index is 0.00160. The molecule has 2 aromatic carbocycles. The molecule has 114 valence electrons. The Labute approximate surface area is 132 Å². The Morgan fingerprint density at radius 3 is 2.41 bits per heavy atom. The van der Waals surface area contributed by atoms with Gasteiger partial charge in [-0.2, -0.15) is 0 Å². The van der Waals surface area contributed by atoms with Gasteiger partial charge >= 0.3 is 0 Å². The minimum atomic E-state index is -0.00160. The summed E-state index contributed by atoms with van der Waals surface area (Å²) in [5, 5.41) is 2.93. The summed E-state index contributed by atoms with van der Waals surface area (Å²) in [7, 11) is 0. The van der Waals surface area contributed by atoms with Crippen molar-refractivity contribution >= 4 is 17.3 Å². The summed E-state index contributed by atoms with van der Waals surface area (Å²) in [6.45, 7) is 5.78. The maximum absolute atomic E-state index is 11.7. The van der Waals surface area contributed by atoms with Crippen LogP contribution in [0.5, 0.6) is 0 Å². The van der Waals surface area contributed by atoms with E-state index in [1.54, 1.807) is 0 Å². The lowest BCUT2D eigenvalue weighted by molar-refractivity contribution is -0.118. The molecule has 3 nitrogen and oxygen atoms in total. The zero-order valence-electron chi connectivity index (χ0n) is 13.2. The minimum Gasteiger partial charge on any atom is -0.367 e. The second-order valence-electron chi connectivity index (χ2n) is 6.13. The molecule has 3 rings (SSSR count). The third-order valence-electron chi connectivity index (χ3n) is 4.16. The number of nitrogens with one attached hydrogen (secondary N) is 1. The van der Waals surface area contributed by atoms with Gasteiger partial charge in [-0.1, -0.05) is 38.1 Å². The molecule has 3 heteroatoms. The van der Waals surface area contributed by atoms with Crippen LogP contribution in [0.3, 0.4) is 0 Å². The van der Waals surface area contributed by atoms with Crippen molar-refractivity contribution in [3.05, 3.63) is 59.7 Å². The molecule has 0 fully saturated rings. The topological polar surface area (TPSA) is 32.3 Å². The number of hydrogen-bond donors (Lipinski definition) is 1. The molecule has 0 aliphatic carbocycles. The fourth-order valence-electron chi connectivity index (χ4n) is 2.76. The highest BCUT2D eigenvalue weighted by molar-refractivity contribution is 5.92. The normalized spacial score (nSPS) is 13.9. The molecule has 0 saturated carbocycles. The van der Waals surface area contributed by atoms with E-state index in [0.717, 1.165) is 25.2 Å². The van der Waals surface area contributed by atoms with Crippen LogP contribution in [0.4, 0.5) is 11.4 Å². The molecule has 1 N–H and O–H groups in total. The van der Waals surface area contributed by atoms with Crippen LogP contribution in [0.1, 0.15) is 25.0 Å². The molecule has 0 aromatic heterocycles. The van der Waals surface area contributed by atoms with Crippen LogP contribution in [0.15, 0.2) is 48.5 Å². The SMILES string of the molecule is CC(C)C(=O)Nc1ccc(N2CCc3ccccc3C2)cc1. The molecule has 1 heterocycles. The van der Waals surface area contributed by atoms with Crippen molar-refractivity contribution in [1.29, 1.82) is 0 Å². The van der Waals surface area contributed by atoms with E-state index in [2.05, 4.69) is 46.6 Å². The van der Waals surface area contributed by atoms with E-state index in [1.165, 1.54) is 16.8 Å². The molecule has 0 spiro atoms. The van der Waals surface area contributed by atoms with Crippen LogP contribution < -0.4 is 10.2 Å². The van der Waals surface area contributed by atoms with Gasteiger partial charge in [0.05, 0.1) is 0 Å². The van der Waals surface area contributed by atoms with Crippen molar-refractivity contribution in [3.63, 3.8) is 0 Å². The van der Waals surface area contributed by atoms with Crippen molar-refractivity contribution < 1.29 is 4.79 Å². The third-order valence-corrected chi connectivity index (χ3v) is 4.16. The van der Waals surface area contributed by atoms with Crippen LogP contribution in [0.2, 0.25) is 0 Å². The molecular weight excluding hydrogens is 272 g/mol. The van der Waals surface area contributed by atoms with E-state index < -0.39 is 0 Å². The van der Waals surface area contributed by atoms with Crippen LogP contribution in [-0.2, 0) is 17.8 Å². The summed E-state index contributed by atoms with van der Waals surface area (Å²) in [6, 6.07) is 16.8. The molecule has 1 amide bonds. The smallest absolute Gasteiger partial charge is 0.226 e. The van der Waals surface area contributed by atoms with Crippen molar-refractivity contribution in [3.8, 4) is 0 Å². The number of fused-ring (bicyclic) bond motifs is 1. The van der Waals surface area contributed by atoms with Crippen LogP contribution in [0, 0.1) is 5.92 Å². The summed E-state index contributed by atoms with van der Waals surface area (Å²) >= 11 is 0. The Balaban J connectivity index is 1.70. The fourth-order valence-corrected chi connectivity index (χ4v) is 2.76. The van der Waals surface area contributed by atoms with Crippen LogP contribution in [-0.4, -0.2) is 12.5 Å². The monoisotopic (exact) mass is 294 g/mol. The maximum atomic E-state index is 11.7. The zero-order valence-corrected chi connectivity index (χ0v) is 13.2. The van der Waals surface area contributed by atoms with Gasteiger partial charge < -0.3 is 10.2 Å². The molecule has 0 atom stereocenters. The summed E-state index contributed by atoms with van der Waals surface area (Å²) < 4.78 is 0. The fraction of sp³-hybridized carbons (Fsp3) is 0.316. The Kier molecular flexibility index (Phi) is 4.14. The first-order chi connectivity index (χ1) is 10.6. The Morgan fingerprint density at radius 2 is 1.73 bits per heavy atom. The van der Waals surface area contributed by atoms with Gasteiger partial charge in [-0.15, -0.1) is 0 Å². The highest BCUT2D eigenvalue weighted by Gasteiger charge is 2.16. The predicted octanol–water partition coefficient (Wildman–Crippen LogP) is 3.84. The van der Waals surface area contributed by atoms with Crippen molar-refractivity contribution in [2.24, 2.45) is 5.92 Å². The van der Waals surface area contributed by atoms with Gasteiger partial charge in [0.1, 0.15) is 0 Å². The Bertz CT molecular complexity index is 661. The molecule has 0 unspecified atom stereocenters. The summed E-state index contributed by atoms with van der Waals surface area (Å²) in [6.07, 6.45) is 1.09. The average molecular weight is 294 g/mol. The van der Waals surface area contributed by atoms with Gasteiger partial charge in [-0.25, -0.2) is 0 Å². The first-order valence-corrected chi connectivity index (χ1v) is 7.86. The van der Waals surface area contributed by atoms with Crippen LogP contribution >= 0.6 is 0 Å². The first-order valence-electron chi connectivity index (χ1n) is 7.86. The molecular formula is C19H22N2O. The Morgan fingerprint density at radius 1 is 1.05 bits per heavy atom. The largest absolute Gasteiger partial charge is 0.367 e. The average Bonchev–Trinajstić information content (AvgIpc) is 2.55. The van der Waals surface area contributed by atoms with E-state index in [9.17, 15) is 4.79 Å². The Hall–Kier alpha value is -2.29. The zero-order chi connectivity index (χ0) is 15.5. The standard InChI is InChI=1S/C19H22N2O/c1-14(2)19(22)20-17-7-9-18(10-8-17)21-12-11-15-5-3-4-6-16(15)13-21/h3-10,14H,11-13H2,1-2H3,(H,20,22). The highest BCUT2D eigenvalue weighted by atomic mass is 16.1. The lowest BCUT2D eigenvalue weighted by Crippen LogP contribution is -2.30. The van der Waals surface area contributed by atoms with Gasteiger partial charge in [0, 0.05) is 30.4 Å². The van der Waals surface area contributed by atoms with Gasteiger partial charge in [0.2, 0.25) is 5.91 Å². The number of carbonyl (C=O) groups is 1. The number of nitrogens with zero attached hydrogens (tertiary/aromatic N) is 1. The predicted molar refractivity (Wildman–Crippen MR) is 91.1 cm³/mol. The van der Waals surface area contributed by atoms with E-state index in [-0.39, 0.29) is 11.8 Å². The number of carbonyl (C=O) groups excluding carboxylic acids is 1. The van der Waals surface area contributed by atoms with E-state index >= 15 is 0 Å². The van der Waals surface area contributed by atoms with Gasteiger partial charge in [-0.05, 0) is 41.8 Å². The first kappa shape index (κ1) is 14.6. The summed E-state index contributed by atoms with van der Waals surface area (Å²) in [5.41, 5.74) is 4.93.